The third kappa shape index (κ3) is 4.35. The molecule has 0 aliphatic carbocycles. The van der Waals surface area contributed by atoms with E-state index < -0.39 is 0 Å². The first kappa shape index (κ1) is 17.0. The fourth-order valence-electron chi connectivity index (χ4n) is 3.24. The smallest absolute Gasteiger partial charge is 0.233 e. The Morgan fingerprint density at radius 3 is 2.62 bits per heavy atom. The summed E-state index contributed by atoms with van der Waals surface area (Å²) in [5, 5.41) is 12.5. The Balaban J connectivity index is 1.57. The van der Waals surface area contributed by atoms with E-state index >= 15 is 0 Å². The van der Waals surface area contributed by atoms with Crippen LogP contribution >= 0.6 is 11.8 Å². The summed E-state index contributed by atoms with van der Waals surface area (Å²) in [6.45, 7) is 6.76. The fourth-order valence-corrected chi connectivity index (χ4v) is 4.02. The van der Waals surface area contributed by atoms with Crippen molar-refractivity contribution in [3.63, 3.8) is 0 Å². The van der Waals surface area contributed by atoms with Gasteiger partial charge < -0.3 is 4.90 Å². The first-order valence-electron chi connectivity index (χ1n) is 8.32. The minimum Gasteiger partial charge on any atom is -0.341 e. The van der Waals surface area contributed by atoms with Gasteiger partial charge in [-0.3, -0.25) is 4.79 Å². The summed E-state index contributed by atoms with van der Waals surface area (Å²) in [4.78, 5) is 14.5. The number of thioether (sulfide) groups is 1. The highest BCUT2D eigenvalue weighted by Gasteiger charge is 2.25. The third-order valence-corrected chi connectivity index (χ3v) is 5.16. The van der Waals surface area contributed by atoms with E-state index in [4.69, 9.17) is 0 Å². The average Bonchev–Trinajstić information content (AvgIpc) is 3.00. The van der Waals surface area contributed by atoms with Gasteiger partial charge in [0.05, 0.1) is 12.3 Å². The second kappa shape index (κ2) is 7.79. The van der Waals surface area contributed by atoms with Crippen molar-refractivity contribution in [2.24, 2.45) is 11.8 Å². The van der Waals surface area contributed by atoms with E-state index in [2.05, 4.69) is 29.4 Å². The largest absolute Gasteiger partial charge is 0.341 e. The zero-order valence-electron chi connectivity index (χ0n) is 14.1. The molecule has 1 amide bonds. The maximum Gasteiger partial charge on any atom is 0.233 e. The number of tetrazole rings is 1. The van der Waals surface area contributed by atoms with Gasteiger partial charge in [-0.15, -0.1) is 5.10 Å². The highest BCUT2D eigenvalue weighted by Crippen LogP contribution is 2.23. The Hall–Kier alpha value is -1.89. The van der Waals surface area contributed by atoms with Gasteiger partial charge in [0.2, 0.25) is 11.1 Å². The van der Waals surface area contributed by atoms with Crippen molar-refractivity contribution < 1.29 is 4.79 Å². The van der Waals surface area contributed by atoms with E-state index in [0.717, 1.165) is 18.7 Å². The molecule has 0 N–H and O–H groups in total. The Bertz CT molecular complexity index is 665. The Morgan fingerprint density at radius 1 is 1.21 bits per heavy atom. The number of benzene rings is 1. The standard InChI is InChI=1S/C17H23N5OS/c1-13-8-14(2)10-21(9-13)16(23)12-24-17-18-19-20-22(17)11-15-6-4-3-5-7-15/h3-7,13-14H,8-12H2,1-2H3. The summed E-state index contributed by atoms with van der Waals surface area (Å²) in [5.41, 5.74) is 1.14. The molecule has 7 heteroatoms. The number of hydrogen-bond donors (Lipinski definition) is 0. The van der Waals surface area contributed by atoms with Crippen molar-refractivity contribution in [3.05, 3.63) is 35.9 Å². The summed E-state index contributed by atoms with van der Waals surface area (Å²) in [5.74, 6) is 1.71. The molecule has 3 rings (SSSR count). The van der Waals surface area contributed by atoms with Gasteiger partial charge in [-0.2, -0.15) is 0 Å². The van der Waals surface area contributed by atoms with Crippen molar-refractivity contribution in [2.75, 3.05) is 18.8 Å². The monoisotopic (exact) mass is 345 g/mol. The van der Waals surface area contributed by atoms with Gasteiger partial charge in [0, 0.05) is 13.1 Å². The summed E-state index contributed by atoms with van der Waals surface area (Å²) in [6, 6.07) is 10.1. The van der Waals surface area contributed by atoms with E-state index in [0.29, 0.717) is 29.3 Å². The zero-order valence-corrected chi connectivity index (χ0v) is 14.9. The normalized spacial score (nSPS) is 21.0. The summed E-state index contributed by atoms with van der Waals surface area (Å²) < 4.78 is 1.74. The molecule has 1 saturated heterocycles. The zero-order chi connectivity index (χ0) is 16.9. The van der Waals surface area contributed by atoms with Crippen LogP contribution in [0.15, 0.2) is 35.5 Å². The lowest BCUT2D eigenvalue weighted by molar-refractivity contribution is -0.130. The number of piperidine rings is 1. The highest BCUT2D eigenvalue weighted by atomic mass is 32.2. The molecule has 128 valence electrons. The summed E-state index contributed by atoms with van der Waals surface area (Å²) >= 11 is 1.41. The van der Waals surface area contributed by atoms with Crippen LogP contribution in [0.4, 0.5) is 0 Å². The number of amides is 1. The maximum absolute atomic E-state index is 12.5. The molecule has 2 aromatic rings. The Labute approximate surface area is 146 Å². The number of likely N-dealkylation sites (tertiary alicyclic amines) is 1. The van der Waals surface area contributed by atoms with E-state index in [-0.39, 0.29) is 5.91 Å². The van der Waals surface area contributed by atoms with Gasteiger partial charge in [0.15, 0.2) is 0 Å². The molecule has 1 aliphatic rings. The first-order chi connectivity index (χ1) is 11.6. The van der Waals surface area contributed by atoms with Crippen molar-refractivity contribution in [2.45, 2.75) is 32.0 Å². The van der Waals surface area contributed by atoms with Crippen LogP contribution in [0, 0.1) is 11.8 Å². The number of aromatic nitrogens is 4. The van der Waals surface area contributed by atoms with Crippen molar-refractivity contribution >= 4 is 17.7 Å². The van der Waals surface area contributed by atoms with E-state index in [1.54, 1.807) is 4.68 Å². The molecule has 24 heavy (non-hydrogen) atoms. The molecular formula is C17H23N5OS. The molecule has 0 saturated carbocycles. The summed E-state index contributed by atoms with van der Waals surface area (Å²) in [7, 11) is 0. The van der Waals surface area contributed by atoms with Crippen LogP contribution in [0.5, 0.6) is 0 Å². The van der Waals surface area contributed by atoms with Crippen LogP contribution in [0.25, 0.3) is 0 Å². The molecule has 2 heterocycles. The minimum atomic E-state index is 0.174. The minimum absolute atomic E-state index is 0.174. The Kier molecular flexibility index (Phi) is 5.50. The topological polar surface area (TPSA) is 63.9 Å². The van der Waals surface area contributed by atoms with Crippen LogP contribution < -0.4 is 0 Å². The van der Waals surface area contributed by atoms with Gasteiger partial charge in [0.1, 0.15) is 0 Å². The van der Waals surface area contributed by atoms with Gasteiger partial charge in [-0.1, -0.05) is 55.9 Å². The third-order valence-electron chi connectivity index (χ3n) is 4.22. The first-order valence-corrected chi connectivity index (χ1v) is 9.31. The van der Waals surface area contributed by atoms with Crippen LogP contribution in [-0.4, -0.2) is 49.9 Å². The van der Waals surface area contributed by atoms with Crippen molar-refractivity contribution in [1.82, 2.24) is 25.1 Å². The highest BCUT2D eigenvalue weighted by molar-refractivity contribution is 7.99. The molecular weight excluding hydrogens is 322 g/mol. The predicted octanol–water partition coefficient (Wildman–Crippen LogP) is 2.32. The van der Waals surface area contributed by atoms with Crippen LogP contribution in [0.1, 0.15) is 25.8 Å². The quantitative estimate of drug-likeness (QED) is 0.778. The van der Waals surface area contributed by atoms with Gasteiger partial charge in [0.25, 0.3) is 0 Å². The van der Waals surface area contributed by atoms with Gasteiger partial charge in [-0.05, 0) is 34.2 Å². The lowest BCUT2D eigenvalue weighted by Gasteiger charge is -2.34. The molecule has 0 radical (unpaired) electrons. The fraction of sp³-hybridized carbons (Fsp3) is 0.529. The van der Waals surface area contributed by atoms with Crippen LogP contribution in [-0.2, 0) is 11.3 Å². The van der Waals surface area contributed by atoms with Gasteiger partial charge in [-0.25, -0.2) is 4.68 Å². The molecule has 1 aromatic carbocycles. The average molecular weight is 345 g/mol. The van der Waals surface area contributed by atoms with E-state index in [1.807, 2.05) is 35.2 Å². The lowest BCUT2D eigenvalue weighted by atomic mass is 9.92. The molecule has 2 atom stereocenters. The number of carbonyl (C=O) groups is 1. The predicted molar refractivity (Wildman–Crippen MR) is 93.6 cm³/mol. The molecule has 1 fully saturated rings. The summed E-state index contributed by atoms with van der Waals surface area (Å²) in [6.07, 6.45) is 1.20. The number of rotatable bonds is 5. The van der Waals surface area contributed by atoms with Gasteiger partial charge >= 0.3 is 0 Å². The molecule has 1 aromatic heterocycles. The van der Waals surface area contributed by atoms with Crippen LogP contribution in [0.2, 0.25) is 0 Å². The SMILES string of the molecule is CC1CC(C)CN(C(=O)CSc2nnnn2Cc2ccccc2)C1. The van der Waals surface area contributed by atoms with E-state index in [1.165, 1.54) is 18.2 Å². The second-order valence-corrected chi connectivity index (χ2v) is 7.58. The Morgan fingerprint density at radius 2 is 1.92 bits per heavy atom. The lowest BCUT2D eigenvalue weighted by Crippen LogP contribution is -2.43. The number of nitrogens with zero attached hydrogens (tertiary/aromatic N) is 5. The maximum atomic E-state index is 12.5. The molecule has 6 nitrogen and oxygen atoms in total. The number of carbonyl (C=O) groups excluding carboxylic acids is 1. The van der Waals surface area contributed by atoms with Crippen molar-refractivity contribution in [3.8, 4) is 0 Å². The second-order valence-electron chi connectivity index (χ2n) is 6.64. The molecule has 1 aliphatic heterocycles. The number of hydrogen-bond acceptors (Lipinski definition) is 5. The van der Waals surface area contributed by atoms with E-state index in [9.17, 15) is 4.79 Å². The van der Waals surface area contributed by atoms with Crippen molar-refractivity contribution in [1.29, 1.82) is 0 Å². The molecule has 0 spiro atoms. The molecule has 0 bridgehead atoms. The molecule has 2 unspecified atom stereocenters. The van der Waals surface area contributed by atoms with Crippen LogP contribution in [0.3, 0.4) is 0 Å².